The second kappa shape index (κ2) is 9.58. The van der Waals surface area contributed by atoms with Gasteiger partial charge in [-0.1, -0.05) is 51.0 Å². The molecular formula is C18H28N2. The van der Waals surface area contributed by atoms with E-state index in [1.165, 1.54) is 11.1 Å². The predicted molar refractivity (Wildman–Crippen MR) is 87.4 cm³/mol. The molecule has 110 valence electrons. The Morgan fingerprint density at radius 2 is 1.95 bits per heavy atom. The largest absolute Gasteiger partial charge is 0.312 e. The molecule has 0 saturated heterocycles. The van der Waals surface area contributed by atoms with Gasteiger partial charge < -0.3 is 5.32 Å². The molecule has 0 fully saturated rings. The standard InChI is InChI=1S/C18H28N2/c1-5-11-20(12-6-2)15-18-10-8-7-9-17(18)14-19-13-16(3)4/h1,7-10,16,19H,6,11-15H2,2-4H3. The Kier molecular flexibility index (Phi) is 8.02. The average molecular weight is 272 g/mol. The van der Waals surface area contributed by atoms with Crippen molar-refractivity contribution in [3.05, 3.63) is 35.4 Å². The Labute approximate surface area is 124 Å². The van der Waals surface area contributed by atoms with Crippen LogP contribution in [0.4, 0.5) is 0 Å². The molecule has 1 N–H and O–H groups in total. The van der Waals surface area contributed by atoms with Gasteiger partial charge in [-0.3, -0.25) is 4.90 Å². The first-order valence-electron chi connectivity index (χ1n) is 7.60. The summed E-state index contributed by atoms with van der Waals surface area (Å²) in [5.41, 5.74) is 2.76. The average Bonchev–Trinajstić information content (AvgIpc) is 2.41. The zero-order valence-corrected chi connectivity index (χ0v) is 13.2. The number of benzene rings is 1. The summed E-state index contributed by atoms with van der Waals surface area (Å²) in [7, 11) is 0. The van der Waals surface area contributed by atoms with Gasteiger partial charge in [0.25, 0.3) is 0 Å². The molecule has 0 bridgehead atoms. The molecule has 0 aromatic heterocycles. The van der Waals surface area contributed by atoms with Gasteiger partial charge in [-0.15, -0.1) is 6.42 Å². The molecule has 20 heavy (non-hydrogen) atoms. The molecule has 1 aromatic carbocycles. The van der Waals surface area contributed by atoms with E-state index in [1.54, 1.807) is 0 Å². The molecule has 0 unspecified atom stereocenters. The summed E-state index contributed by atoms with van der Waals surface area (Å²) in [6.07, 6.45) is 6.60. The first kappa shape index (κ1) is 16.8. The lowest BCUT2D eigenvalue weighted by Gasteiger charge is -2.21. The first-order valence-corrected chi connectivity index (χ1v) is 7.60. The minimum absolute atomic E-state index is 0.681. The molecule has 0 aliphatic heterocycles. The predicted octanol–water partition coefficient (Wildman–Crippen LogP) is 3.28. The smallest absolute Gasteiger partial charge is 0.0601 e. The molecule has 0 amide bonds. The van der Waals surface area contributed by atoms with E-state index in [4.69, 9.17) is 6.42 Å². The molecule has 1 rings (SSSR count). The zero-order chi connectivity index (χ0) is 14.8. The highest BCUT2D eigenvalue weighted by Gasteiger charge is 2.07. The third-order valence-electron chi connectivity index (χ3n) is 3.24. The molecule has 0 spiro atoms. The van der Waals surface area contributed by atoms with Crippen LogP contribution in [0.5, 0.6) is 0 Å². The van der Waals surface area contributed by atoms with Gasteiger partial charge in [0.05, 0.1) is 6.54 Å². The summed E-state index contributed by atoms with van der Waals surface area (Å²) >= 11 is 0. The molecule has 0 aliphatic carbocycles. The summed E-state index contributed by atoms with van der Waals surface area (Å²) in [5.74, 6) is 3.44. The van der Waals surface area contributed by atoms with Crippen molar-refractivity contribution in [2.75, 3.05) is 19.6 Å². The second-order valence-electron chi connectivity index (χ2n) is 5.71. The Morgan fingerprint density at radius 1 is 1.25 bits per heavy atom. The van der Waals surface area contributed by atoms with Crippen LogP contribution in [0.2, 0.25) is 0 Å². The Morgan fingerprint density at radius 3 is 2.55 bits per heavy atom. The highest BCUT2D eigenvalue weighted by atomic mass is 15.1. The maximum atomic E-state index is 5.46. The van der Waals surface area contributed by atoms with Crippen molar-refractivity contribution in [3.63, 3.8) is 0 Å². The van der Waals surface area contributed by atoms with Crippen LogP contribution in [0.15, 0.2) is 24.3 Å². The third-order valence-corrected chi connectivity index (χ3v) is 3.24. The molecule has 0 saturated carbocycles. The van der Waals surface area contributed by atoms with Crippen molar-refractivity contribution in [3.8, 4) is 12.3 Å². The van der Waals surface area contributed by atoms with Gasteiger partial charge in [-0.2, -0.15) is 0 Å². The van der Waals surface area contributed by atoms with E-state index in [9.17, 15) is 0 Å². The minimum Gasteiger partial charge on any atom is -0.312 e. The van der Waals surface area contributed by atoms with Crippen LogP contribution in [-0.2, 0) is 13.1 Å². The van der Waals surface area contributed by atoms with Crippen molar-refractivity contribution in [2.24, 2.45) is 5.92 Å². The molecule has 2 heteroatoms. The molecule has 0 atom stereocenters. The zero-order valence-electron chi connectivity index (χ0n) is 13.2. The number of terminal acetylenes is 1. The van der Waals surface area contributed by atoms with E-state index in [-0.39, 0.29) is 0 Å². The fourth-order valence-corrected chi connectivity index (χ4v) is 2.28. The van der Waals surface area contributed by atoms with Crippen molar-refractivity contribution >= 4 is 0 Å². The van der Waals surface area contributed by atoms with Crippen LogP contribution >= 0.6 is 0 Å². The molecule has 0 heterocycles. The van der Waals surface area contributed by atoms with Crippen LogP contribution in [0.1, 0.15) is 38.3 Å². The number of rotatable bonds is 9. The van der Waals surface area contributed by atoms with Crippen molar-refractivity contribution < 1.29 is 0 Å². The van der Waals surface area contributed by atoms with E-state index >= 15 is 0 Å². The van der Waals surface area contributed by atoms with Gasteiger partial charge in [-0.25, -0.2) is 0 Å². The first-order chi connectivity index (χ1) is 9.67. The third kappa shape index (κ3) is 6.23. The van der Waals surface area contributed by atoms with Crippen LogP contribution in [0, 0.1) is 18.3 Å². The molecule has 0 aliphatic rings. The van der Waals surface area contributed by atoms with E-state index in [0.29, 0.717) is 5.92 Å². The monoisotopic (exact) mass is 272 g/mol. The van der Waals surface area contributed by atoms with Gasteiger partial charge in [0.2, 0.25) is 0 Å². The van der Waals surface area contributed by atoms with Gasteiger partial charge in [0.1, 0.15) is 0 Å². The van der Waals surface area contributed by atoms with Crippen molar-refractivity contribution in [1.29, 1.82) is 0 Å². The number of nitrogens with one attached hydrogen (secondary N) is 1. The number of hydrogen-bond acceptors (Lipinski definition) is 2. The Hall–Kier alpha value is -1.30. The topological polar surface area (TPSA) is 15.3 Å². The van der Waals surface area contributed by atoms with Gasteiger partial charge >= 0.3 is 0 Å². The fraction of sp³-hybridized carbons (Fsp3) is 0.556. The number of hydrogen-bond donors (Lipinski definition) is 1. The van der Waals surface area contributed by atoms with Gasteiger partial charge in [0.15, 0.2) is 0 Å². The minimum atomic E-state index is 0.681. The van der Waals surface area contributed by atoms with Crippen LogP contribution in [0.25, 0.3) is 0 Å². The number of nitrogens with zero attached hydrogens (tertiary/aromatic N) is 1. The quantitative estimate of drug-likeness (QED) is 0.694. The fourth-order valence-electron chi connectivity index (χ4n) is 2.28. The summed E-state index contributed by atoms with van der Waals surface area (Å²) in [4.78, 5) is 2.33. The molecule has 0 radical (unpaired) electrons. The van der Waals surface area contributed by atoms with Crippen LogP contribution in [0.3, 0.4) is 0 Å². The summed E-state index contributed by atoms with van der Waals surface area (Å²) in [5, 5.41) is 3.52. The van der Waals surface area contributed by atoms with Gasteiger partial charge in [0, 0.05) is 13.1 Å². The summed E-state index contributed by atoms with van der Waals surface area (Å²) < 4.78 is 0. The van der Waals surface area contributed by atoms with Crippen molar-refractivity contribution in [2.45, 2.75) is 40.3 Å². The van der Waals surface area contributed by atoms with Gasteiger partial charge in [-0.05, 0) is 36.6 Å². The lowest BCUT2D eigenvalue weighted by Crippen LogP contribution is -2.26. The van der Waals surface area contributed by atoms with Crippen LogP contribution in [-0.4, -0.2) is 24.5 Å². The second-order valence-corrected chi connectivity index (χ2v) is 5.71. The summed E-state index contributed by atoms with van der Waals surface area (Å²) in [6.45, 7) is 11.4. The SMILES string of the molecule is C#CCN(CCC)Cc1ccccc1CNCC(C)C. The lowest BCUT2D eigenvalue weighted by atomic mass is 10.1. The highest BCUT2D eigenvalue weighted by molar-refractivity contribution is 5.27. The maximum absolute atomic E-state index is 5.46. The Balaban J connectivity index is 2.66. The Bertz CT molecular complexity index is 418. The van der Waals surface area contributed by atoms with Crippen molar-refractivity contribution in [1.82, 2.24) is 10.2 Å². The maximum Gasteiger partial charge on any atom is 0.0601 e. The summed E-state index contributed by atoms with van der Waals surface area (Å²) in [6, 6.07) is 8.65. The molecule has 2 nitrogen and oxygen atoms in total. The lowest BCUT2D eigenvalue weighted by molar-refractivity contribution is 0.298. The van der Waals surface area contributed by atoms with Crippen LogP contribution < -0.4 is 5.32 Å². The molecular weight excluding hydrogens is 244 g/mol. The normalized spacial score (nSPS) is 11.0. The van der Waals surface area contributed by atoms with E-state index in [2.05, 4.69) is 61.2 Å². The van der Waals surface area contributed by atoms with E-state index in [0.717, 1.165) is 39.1 Å². The van der Waals surface area contributed by atoms with E-state index in [1.807, 2.05) is 0 Å². The highest BCUT2D eigenvalue weighted by Crippen LogP contribution is 2.12. The van der Waals surface area contributed by atoms with E-state index < -0.39 is 0 Å². The molecule has 1 aromatic rings.